The van der Waals surface area contributed by atoms with Crippen molar-refractivity contribution in [3.05, 3.63) is 64.8 Å². The molecule has 0 spiro atoms. The van der Waals surface area contributed by atoms with E-state index in [1.807, 2.05) is 42.9 Å². The number of rotatable bonds is 2. The summed E-state index contributed by atoms with van der Waals surface area (Å²) in [5.74, 6) is 2.12. The lowest BCUT2D eigenvalue weighted by atomic mass is 9.87. The molecule has 27 heavy (non-hydrogen) atoms. The Kier molecular flexibility index (Phi) is 3.47. The Morgan fingerprint density at radius 2 is 1.96 bits per heavy atom. The molecule has 1 atom stereocenters. The van der Waals surface area contributed by atoms with Crippen LogP contribution in [0.3, 0.4) is 0 Å². The zero-order valence-corrected chi connectivity index (χ0v) is 15.2. The van der Waals surface area contributed by atoms with Gasteiger partial charge in [-0.15, -0.1) is 0 Å². The molecule has 0 aliphatic carbocycles. The molecule has 136 valence electrons. The van der Waals surface area contributed by atoms with Gasteiger partial charge < -0.3 is 14.8 Å². The Balaban J connectivity index is 1.62. The van der Waals surface area contributed by atoms with Crippen LogP contribution in [0, 0.1) is 13.8 Å². The van der Waals surface area contributed by atoms with E-state index in [1.165, 1.54) is 0 Å². The van der Waals surface area contributed by atoms with E-state index in [0.29, 0.717) is 6.42 Å². The molecule has 6 nitrogen and oxygen atoms in total. The van der Waals surface area contributed by atoms with Gasteiger partial charge in [-0.2, -0.15) is 5.10 Å². The fourth-order valence-corrected chi connectivity index (χ4v) is 3.78. The molecule has 6 heteroatoms. The highest BCUT2D eigenvalue weighted by Crippen LogP contribution is 2.42. The van der Waals surface area contributed by atoms with Crippen LogP contribution >= 0.6 is 0 Å². The van der Waals surface area contributed by atoms with Crippen LogP contribution in [-0.4, -0.2) is 22.5 Å². The topological polar surface area (TPSA) is 65.4 Å². The minimum atomic E-state index is -0.0675. The molecular formula is C21H19N3O3. The molecule has 2 aromatic carbocycles. The average molecular weight is 361 g/mol. The summed E-state index contributed by atoms with van der Waals surface area (Å²) in [7, 11) is 0. The number of amides is 1. The lowest BCUT2D eigenvalue weighted by Crippen LogP contribution is -2.24. The van der Waals surface area contributed by atoms with E-state index in [-0.39, 0.29) is 18.6 Å². The summed E-state index contributed by atoms with van der Waals surface area (Å²) in [6, 6.07) is 12.1. The number of benzene rings is 2. The van der Waals surface area contributed by atoms with Gasteiger partial charge in [0, 0.05) is 17.9 Å². The lowest BCUT2D eigenvalue weighted by molar-refractivity contribution is -0.116. The second kappa shape index (κ2) is 5.87. The first-order valence-electron chi connectivity index (χ1n) is 8.95. The molecule has 0 saturated heterocycles. The van der Waals surface area contributed by atoms with E-state index in [4.69, 9.17) is 9.47 Å². The monoisotopic (exact) mass is 361 g/mol. The number of aryl methyl sites for hydroxylation is 2. The normalized spacial score (nSPS) is 17.6. The van der Waals surface area contributed by atoms with Gasteiger partial charge in [-0.1, -0.05) is 18.2 Å². The zero-order valence-electron chi connectivity index (χ0n) is 15.2. The van der Waals surface area contributed by atoms with Gasteiger partial charge in [0.25, 0.3) is 0 Å². The third kappa shape index (κ3) is 2.56. The van der Waals surface area contributed by atoms with Gasteiger partial charge in [0.05, 0.1) is 11.9 Å². The smallest absolute Gasteiger partial charge is 0.231 e. The highest BCUT2D eigenvalue weighted by Gasteiger charge is 2.31. The summed E-state index contributed by atoms with van der Waals surface area (Å²) in [5, 5.41) is 7.61. The molecule has 0 fully saturated rings. The Morgan fingerprint density at radius 1 is 1.11 bits per heavy atom. The van der Waals surface area contributed by atoms with Crippen molar-refractivity contribution in [1.29, 1.82) is 0 Å². The molecule has 0 radical (unpaired) electrons. The van der Waals surface area contributed by atoms with E-state index in [1.54, 1.807) is 0 Å². The maximum atomic E-state index is 12.5. The number of nitrogens with one attached hydrogen (secondary N) is 1. The third-order valence-electron chi connectivity index (χ3n) is 5.21. The van der Waals surface area contributed by atoms with E-state index >= 15 is 0 Å². The second-order valence-corrected chi connectivity index (χ2v) is 7.07. The molecule has 1 N–H and O–H groups in total. The molecule has 0 bridgehead atoms. The molecule has 3 aromatic rings. The van der Waals surface area contributed by atoms with Crippen molar-refractivity contribution in [1.82, 2.24) is 9.78 Å². The quantitative estimate of drug-likeness (QED) is 0.756. The van der Waals surface area contributed by atoms with E-state index < -0.39 is 0 Å². The third-order valence-corrected chi connectivity index (χ3v) is 5.21. The molecule has 1 aromatic heterocycles. The maximum Gasteiger partial charge on any atom is 0.231 e. The number of nitrogens with zero attached hydrogens (tertiary/aromatic N) is 2. The minimum absolute atomic E-state index is 0.0165. The van der Waals surface area contributed by atoms with Gasteiger partial charge in [-0.05, 0) is 48.7 Å². The van der Waals surface area contributed by atoms with Crippen molar-refractivity contribution >= 4 is 11.7 Å². The van der Waals surface area contributed by atoms with Gasteiger partial charge >= 0.3 is 0 Å². The molecule has 2 aliphatic heterocycles. The van der Waals surface area contributed by atoms with Crippen LogP contribution in [0.15, 0.2) is 42.6 Å². The average Bonchev–Trinajstić information content (AvgIpc) is 3.29. The molecule has 2 aliphatic rings. The number of hydrogen-bond acceptors (Lipinski definition) is 4. The molecule has 0 saturated carbocycles. The van der Waals surface area contributed by atoms with Crippen molar-refractivity contribution in [2.24, 2.45) is 0 Å². The fourth-order valence-electron chi connectivity index (χ4n) is 3.78. The Morgan fingerprint density at radius 3 is 2.85 bits per heavy atom. The predicted octanol–water partition coefficient (Wildman–Crippen LogP) is 3.69. The Bertz CT molecular complexity index is 1070. The van der Waals surface area contributed by atoms with E-state index in [9.17, 15) is 4.79 Å². The molecular weight excluding hydrogens is 342 g/mol. The van der Waals surface area contributed by atoms with Crippen LogP contribution in [0.2, 0.25) is 0 Å². The van der Waals surface area contributed by atoms with Gasteiger partial charge in [-0.3, -0.25) is 4.79 Å². The maximum absolute atomic E-state index is 12.5. The molecule has 1 amide bonds. The summed E-state index contributed by atoms with van der Waals surface area (Å²) in [5.41, 5.74) is 5.26. The lowest BCUT2D eigenvalue weighted by Gasteiger charge is -2.24. The van der Waals surface area contributed by atoms with E-state index in [0.717, 1.165) is 45.3 Å². The summed E-state index contributed by atoms with van der Waals surface area (Å²) in [4.78, 5) is 12.5. The number of anilines is 1. The van der Waals surface area contributed by atoms with E-state index in [2.05, 4.69) is 28.6 Å². The van der Waals surface area contributed by atoms with Crippen molar-refractivity contribution in [3.63, 3.8) is 0 Å². The van der Waals surface area contributed by atoms with Crippen LogP contribution in [0.1, 0.15) is 34.6 Å². The predicted molar refractivity (Wildman–Crippen MR) is 101 cm³/mol. The minimum Gasteiger partial charge on any atom is -0.454 e. The summed E-state index contributed by atoms with van der Waals surface area (Å²) >= 11 is 0. The van der Waals surface area contributed by atoms with Gasteiger partial charge in [0.1, 0.15) is 5.82 Å². The Labute approximate surface area is 156 Å². The van der Waals surface area contributed by atoms with Crippen molar-refractivity contribution in [2.45, 2.75) is 26.2 Å². The highest BCUT2D eigenvalue weighted by molar-refractivity contribution is 5.94. The fraction of sp³-hybridized carbons (Fsp3) is 0.238. The Hall–Kier alpha value is -3.28. The first-order valence-corrected chi connectivity index (χ1v) is 8.95. The zero-order chi connectivity index (χ0) is 18.5. The number of carbonyl (C=O) groups is 1. The number of aromatic nitrogens is 2. The SMILES string of the molecule is Cc1ccc(C)c(-n2ncc3c2NC(=O)CC3c2ccc3c(c2)OCO3)c1. The van der Waals surface area contributed by atoms with Gasteiger partial charge in [0.15, 0.2) is 11.5 Å². The molecule has 5 rings (SSSR count). The standard InChI is InChI=1S/C21H19N3O3/c1-12-3-4-13(2)17(7-12)24-21-16(10-22-24)15(9-20(25)23-21)14-5-6-18-19(8-14)27-11-26-18/h3-8,10,15H,9,11H2,1-2H3,(H,23,25). The first-order chi connectivity index (χ1) is 13.1. The molecule has 1 unspecified atom stereocenters. The number of hydrogen-bond donors (Lipinski definition) is 1. The van der Waals surface area contributed by atoms with Crippen LogP contribution in [-0.2, 0) is 4.79 Å². The van der Waals surface area contributed by atoms with Crippen molar-refractivity contribution in [3.8, 4) is 17.2 Å². The summed E-state index contributed by atoms with van der Waals surface area (Å²) < 4.78 is 12.7. The number of carbonyl (C=O) groups excluding carboxylic acids is 1. The van der Waals surface area contributed by atoms with Gasteiger partial charge in [0.2, 0.25) is 12.7 Å². The first kappa shape index (κ1) is 15.9. The number of ether oxygens (including phenoxy) is 2. The van der Waals surface area contributed by atoms with Crippen LogP contribution in [0.5, 0.6) is 11.5 Å². The number of fused-ring (bicyclic) bond motifs is 2. The summed E-state index contributed by atoms with van der Waals surface area (Å²) in [6.07, 6.45) is 2.23. The summed E-state index contributed by atoms with van der Waals surface area (Å²) in [6.45, 7) is 4.33. The largest absolute Gasteiger partial charge is 0.454 e. The van der Waals surface area contributed by atoms with Crippen LogP contribution in [0.25, 0.3) is 5.69 Å². The van der Waals surface area contributed by atoms with Crippen molar-refractivity contribution in [2.75, 3.05) is 12.1 Å². The van der Waals surface area contributed by atoms with Crippen LogP contribution in [0.4, 0.5) is 5.82 Å². The highest BCUT2D eigenvalue weighted by atomic mass is 16.7. The molecule has 3 heterocycles. The van der Waals surface area contributed by atoms with Crippen molar-refractivity contribution < 1.29 is 14.3 Å². The second-order valence-electron chi connectivity index (χ2n) is 7.07. The van der Waals surface area contributed by atoms with Gasteiger partial charge in [-0.25, -0.2) is 4.68 Å². The van der Waals surface area contributed by atoms with Crippen LogP contribution < -0.4 is 14.8 Å².